The Balaban J connectivity index is 2.01. The molecule has 0 saturated heterocycles. The van der Waals surface area contributed by atoms with Gasteiger partial charge in [0.25, 0.3) is 5.91 Å². The molecule has 0 aromatic heterocycles. The summed E-state index contributed by atoms with van der Waals surface area (Å²) in [6, 6.07) is 13.8. The van der Waals surface area contributed by atoms with E-state index in [2.05, 4.69) is 10.6 Å². The molecule has 0 aliphatic heterocycles. The van der Waals surface area contributed by atoms with Crippen LogP contribution in [0.5, 0.6) is 11.5 Å². The SMILES string of the molecule is COc1ccc(CNC(=O)[C@H](CCSC)NC(=O)c2ccccc2)cc1OC. The van der Waals surface area contributed by atoms with Crippen LogP contribution < -0.4 is 20.1 Å². The Bertz CT molecular complexity index is 783. The molecule has 0 aliphatic carbocycles. The van der Waals surface area contributed by atoms with Crippen LogP contribution in [0.3, 0.4) is 0 Å². The number of ether oxygens (including phenoxy) is 2. The molecule has 0 aliphatic rings. The molecule has 2 aromatic carbocycles. The van der Waals surface area contributed by atoms with Crippen LogP contribution in [0.25, 0.3) is 0 Å². The molecule has 2 N–H and O–H groups in total. The number of carbonyl (C=O) groups excluding carboxylic acids is 2. The fourth-order valence-corrected chi connectivity index (χ4v) is 3.11. The monoisotopic (exact) mass is 402 g/mol. The van der Waals surface area contributed by atoms with Gasteiger partial charge in [-0.25, -0.2) is 0 Å². The smallest absolute Gasteiger partial charge is 0.251 e. The van der Waals surface area contributed by atoms with Crippen LogP contribution >= 0.6 is 11.8 Å². The first-order valence-corrected chi connectivity index (χ1v) is 10.3. The number of rotatable bonds is 10. The van der Waals surface area contributed by atoms with Gasteiger partial charge >= 0.3 is 0 Å². The third-order valence-electron chi connectivity index (χ3n) is 4.18. The van der Waals surface area contributed by atoms with Crippen LogP contribution in [-0.4, -0.2) is 44.1 Å². The summed E-state index contributed by atoms with van der Waals surface area (Å²) in [6.45, 7) is 0.330. The van der Waals surface area contributed by atoms with E-state index in [9.17, 15) is 9.59 Å². The van der Waals surface area contributed by atoms with Gasteiger partial charge in [0, 0.05) is 12.1 Å². The summed E-state index contributed by atoms with van der Waals surface area (Å²) < 4.78 is 10.5. The predicted molar refractivity (Wildman–Crippen MR) is 112 cm³/mol. The maximum Gasteiger partial charge on any atom is 0.251 e. The molecule has 6 nitrogen and oxygen atoms in total. The zero-order chi connectivity index (χ0) is 20.4. The van der Waals surface area contributed by atoms with Gasteiger partial charge in [-0.1, -0.05) is 24.3 Å². The number of hydrogen-bond donors (Lipinski definition) is 2. The Morgan fingerprint density at radius 1 is 1.04 bits per heavy atom. The van der Waals surface area contributed by atoms with Crippen LogP contribution in [0, 0.1) is 0 Å². The van der Waals surface area contributed by atoms with Gasteiger partial charge in [0.1, 0.15) is 6.04 Å². The van der Waals surface area contributed by atoms with Gasteiger partial charge < -0.3 is 20.1 Å². The molecular formula is C21H26N2O4S. The third-order valence-corrected chi connectivity index (χ3v) is 4.83. The molecule has 2 amide bonds. The number of thioether (sulfide) groups is 1. The molecule has 0 fully saturated rings. The molecule has 0 unspecified atom stereocenters. The van der Waals surface area contributed by atoms with Crippen molar-refractivity contribution in [3.8, 4) is 11.5 Å². The first kappa shape index (κ1) is 21.6. The van der Waals surface area contributed by atoms with Gasteiger partial charge in [0.15, 0.2) is 11.5 Å². The highest BCUT2D eigenvalue weighted by Gasteiger charge is 2.21. The highest BCUT2D eigenvalue weighted by atomic mass is 32.2. The van der Waals surface area contributed by atoms with Gasteiger partial charge in [0.2, 0.25) is 5.91 Å². The van der Waals surface area contributed by atoms with E-state index in [4.69, 9.17) is 9.47 Å². The van der Waals surface area contributed by atoms with Gasteiger partial charge in [-0.15, -0.1) is 0 Å². The topological polar surface area (TPSA) is 76.7 Å². The van der Waals surface area contributed by atoms with Crippen LogP contribution in [0.4, 0.5) is 0 Å². The summed E-state index contributed by atoms with van der Waals surface area (Å²) in [4.78, 5) is 25.1. The van der Waals surface area contributed by atoms with E-state index in [0.29, 0.717) is 30.0 Å². The fourth-order valence-electron chi connectivity index (χ4n) is 2.64. The lowest BCUT2D eigenvalue weighted by Gasteiger charge is -2.18. The average Bonchev–Trinajstić information content (AvgIpc) is 2.75. The van der Waals surface area contributed by atoms with Gasteiger partial charge in [-0.05, 0) is 48.3 Å². The maximum absolute atomic E-state index is 12.7. The minimum absolute atomic E-state index is 0.215. The molecule has 0 radical (unpaired) electrons. The highest BCUT2D eigenvalue weighted by molar-refractivity contribution is 7.98. The van der Waals surface area contributed by atoms with Crippen molar-refractivity contribution < 1.29 is 19.1 Å². The molecule has 0 heterocycles. The van der Waals surface area contributed by atoms with E-state index in [1.165, 1.54) is 0 Å². The summed E-state index contributed by atoms with van der Waals surface area (Å²) >= 11 is 1.63. The van der Waals surface area contributed by atoms with E-state index < -0.39 is 6.04 Å². The van der Waals surface area contributed by atoms with Crippen molar-refractivity contribution in [2.24, 2.45) is 0 Å². The molecule has 0 saturated carbocycles. The normalized spacial score (nSPS) is 11.4. The Labute approximate surface area is 170 Å². The summed E-state index contributed by atoms with van der Waals surface area (Å²) in [7, 11) is 3.14. The fraction of sp³-hybridized carbons (Fsp3) is 0.333. The minimum Gasteiger partial charge on any atom is -0.493 e. The minimum atomic E-state index is -0.597. The molecule has 0 bridgehead atoms. The number of amides is 2. The van der Waals surface area contributed by atoms with Gasteiger partial charge in [0.05, 0.1) is 14.2 Å². The van der Waals surface area contributed by atoms with Crippen molar-refractivity contribution in [1.29, 1.82) is 0 Å². The number of nitrogens with one attached hydrogen (secondary N) is 2. The van der Waals surface area contributed by atoms with Gasteiger partial charge in [-0.3, -0.25) is 9.59 Å². The van der Waals surface area contributed by atoms with Crippen LogP contribution in [0.15, 0.2) is 48.5 Å². The van der Waals surface area contributed by atoms with Crippen molar-refractivity contribution in [2.75, 3.05) is 26.2 Å². The number of hydrogen-bond acceptors (Lipinski definition) is 5. The second-order valence-electron chi connectivity index (χ2n) is 6.08. The van der Waals surface area contributed by atoms with Crippen molar-refractivity contribution in [1.82, 2.24) is 10.6 Å². The van der Waals surface area contributed by atoms with E-state index >= 15 is 0 Å². The Hall–Kier alpha value is -2.67. The van der Waals surface area contributed by atoms with Crippen LogP contribution in [-0.2, 0) is 11.3 Å². The zero-order valence-electron chi connectivity index (χ0n) is 16.4. The zero-order valence-corrected chi connectivity index (χ0v) is 17.2. The highest BCUT2D eigenvalue weighted by Crippen LogP contribution is 2.27. The number of benzene rings is 2. The Morgan fingerprint density at radius 3 is 2.39 bits per heavy atom. The third kappa shape index (κ3) is 6.20. The molecule has 150 valence electrons. The largest absolute Gasteiger partial charge is 0.493 e. The molecule has 2 aromatic rings. The lowest BCUT2D eigenvalue weighted by atomic mass is 10.1. The van der Waals surface area contributed by atoms with E-state index in [1.807, 2.05) is 24.5 Å². The van der Waals surface area contributed by atoms with E-state index in [1.54, 1.807) is 56.3 Å². The molecule has 28 heavy (non-hydrogen) atoms. The van der Waals surface area contributed by atoms with Crippen molar-refractivity contribution in [3.63, 3.8) is 0 Å². The Morgan fingerprint density at radius 2 is 1.75 bits per heavy atom. The van der Waals surface area contributed by atoms with Crippen LogP contribution in [0.1, 0.15) is 22.3 Å². The Kier molecular flexibility index (Phi) is 8.68. The molecule has 7 heteroatoms. The standard InChI is InChI=1S/C21H26N2O4S/c1-26-18-10-9-15(13-19(18)27-2)14-22-21(25)17(11-12-28-3)23-20(24)16-7-5-4-6-8-16/h4-10,13,17H,11-12,14H2,1-3H3,(H,22,25)(H,23,24)/t17-/m0/s1. The van der Waals surface area contributed by atoms with Crippen LogP contribution in [0.2, 0.25) is 0 Å². The first-order chi connectivity index (χ1) is 13.6. The summed E-state index contributed by atoms with van der Waals surface area (Å²) in [5.41, 5.74) is 1.41. The lowest BCUT2D eigenvalue weighted by Crippen LogP contribution is -2.46. The lowest BCUT2D eigenvalue weighted by molar-refractivity contribution is -0.123. The maximum atomic E-state index is 12.7. The second-order valence-corrected chi connectivity index (χ2v) is 7.07. The molecule has 1 atom stereocenters. The van der Waals surface area contributed by atoms with Crippen molar-refractivity contribution in [3.05, 3.63) is 59.7 Å². The predicted octanol–water partition coefficient (Wildman–Crippen LogP) is 2.87. The number of methoxy groups -OCH3 is 2. The molecule has 2 rings (SSSR count). The summed E-state index contributed by atoms with van der Waals surface area (Å²) in [5, 5.41) is 5.73. The summed E-state index contributed by atoms with van der Waals surface area (Å²) in [5.74, 6) is 1.53. The van der Waals surface area contributed by atoms with E-state index in [0.717, 1.165) is 11.3 Å². The quantitative estimate of drug-likeness (QED) is 0.639. The van der Waals surface area contributed by atoms with Gasteiger partial charge in [-0.2, -0.15) is 11.8 Å². The first-order valence-electron chi connectivity index (χ1n) is 8.92. The molecule has 0 spiro atoms. The number of carbonyl (C=O) groups is 2. The molecular weight excluding hydrogens is 376 g/mol. The second kappa shape index (κ2) is 11.2. The van der Waals surface area contributed by atoms with Crippen molar-refractivity contribution >= 4 is 23.6 Å². The van der Waals surface area contributed by atoms with Crippen molar-refractivity contribution in [2.45, 2.75) is 19.0 Å². The average molecular weight is 403 g/mol. The van der Waals surface area contributed by atoms with E-state index in [-0.39, 0.29) is 11.8 Å². The summed E-state index contributed by atoms with van der Waals surface area (Å²) in [6.07, 6.45) is 2.52.